The van der Waals surface area contributed by atoms with E-state index < -0.39 is 5.97 Å². The summed E-state index contributed by atoms with van der Waals surface area (Å²) in [5, 5.41) is 16.8. The Morgan fingerprint density at radius 3 is 2.44 bits per heavy atom. The average Bonchev–Trinajstić information content (AvgIpc) is 2.62. The molecular formula is C20H27N3O4. The monoisotopic (exact) mass is 373 g/mol. The SMILES string of the molecule is CC(C)Cn1nc(C(=O)NCCCCCCC(=O)O)c2ccccc2c1=O. The Balaban J connectivity index is 2.05. The fourth-order valence-electron chi connectivity index (χ4n) is 2.91. The molecule has 0 aliphatic heterocycles. The van der Waals surface area contributed by atoms with Crippen molar-refractivity contribution in [2.75, 3.05) is 6.54 Å². The lowest BCUT2D eigenvalue weighted by atomic mass is 10.1. The first kappa shape index (κ1) is 20.6. The van der Waals surface area contributed by atoms with E-state index in [-0.39, 0.29) is 29.5 Å². The molecule has 7 nitrogen and oxygen atoms in total. The molecule has 146 valence electrons. The molecule has 0 fully saturated rings. The first-order valence-corrected chi connectivity index (χ1v) is 9.40. The number of rotatable bonds is 10. The van der Waals surface area contributed by atoms with Gasteiger partial charge in [-0.3, -0.25) is 14.4 Å². The molecule has 0 saturated carbocycles. The highest BCUT2D eigenvalue weighted by molar-refractivity contribution is 6.04. The number of aliphatic carboxylic acids is 1. The molecule has 1 heterocycles. The Morgan fingerprint density at radius 1 is 1.11 bits per heavy atom. The lowest BCUT2D eigenvalue weighted by Crippen LogP contribution is -2.32. The third kappa shape index (κ3) is 5.91. The molecule has 7 heteroatoms. The second kappa shape index (κ2) is 9.85. The molecule has 0 aliphatic rings. The molecule has 1 amide bonds. The van der Waals surface area contributed by atoms with Gasteiger partial charge < -0.3 is 10.4 Å². The van der Waals surface area contributed by atoms with Crippen LogP contribution in [0.2, 0.25) is 0 Å². The smallest absolute Gasteiger partial charge is 0.303 e. The van der Waals surface area contributed by atoms with Crippen LogP contribution in [-0.2, 0) is 11.3 Å². The van der Waals surface area contributed by atoms with Gasteiger partial charge in [0.1, 0.15) is 0 Å². The Labute approximate surface area is 158 Å². The number of nitrogens with one attached hydrogen (secondary N) is 1. The fourth-order valence-corrected chi connectivity index (χ4v) is 2.91. The number of carboxylic acids is 1. The molecule has 0 spiro atoms. The normalized spacial score (nSPS) is 11.1. The first-order chi connectivity index (χ1) is 12.9. The zero-order valence-electron chi connectivity index (χ0n) is 15.9. The van der Waals surface area contributed by atoms with Crippen molar-refractivity contribution in [2.45, 2.75) is 52.5 Å². The van der Waals surface area contributed by atoms with Crippen molar-refractivity contribution in [1.29, 1.82) is 0 Å². The summed E-state index contributed by atoms with van der Waals surface area (Å²) in [7, 11) is 0. The number of unbranched alkanes of at least 4 members (excludes halogenated alkanes) is 3. The second-order valence-corrected chi connectivity index (χ2v) is 7.09. The van der Waals surface area contributed by atoms with Crippen molar-refractivity contribution in [3.8, 4) is 0 Å². The van der Waals surface area contributed by atoms with Crippen molar-refractivity contribution in [2.24, 2.45) is 5.92 Å². The lowest BCUT2D eigenvalue weighted by Gasteiger charge is -2.12. The maximum absolute atomic E-state index is 12.6. The molecule has 2 N–H and O–H groups in total. The van der Waals surface area contributed by atoms with Crippen molar-refractivity contribution in [3.05, 3.63) is 40.3 Å². The quantitative estimate of drug-likeness (QED) is 0.624. The van der Waals surface area contributed by atoms with Crippen molar-refractivity contribution >= 4 is 22.6 Å². The van der Waals surface area contributed by atoms with Gasteiger partial charge in [-0.1, -0.05) is 44.9 Å². The standard InChI is InChI=1S/C20H27N3O4/c1-14(2)13-23-20(27)16-10-7-6-9-15(16)18(22-23)19(26)21-12-8-4-3-5-11-17(24)25/h6-7,9-10,14H,3-5,8,11-13H2,1-2H3,(H,21,26)(H,24,25). The van der Waals surface area contributed by atoms with E-state index >= 15 is 0 Å². The van der Waals surface area contributed by atoms with E-state index in [9.17, 15) is 14.4 Å². The number of benzene rings is 1. The second-order valence-electron chi connectivity index (χ2n) is 7.09. The number of aromatic nitrogens is 2. The largest absolute Gasteiger partial charge is 0.481 e. The van der Waals surface area contributed by atoms with Crippen molar-refractivity contribution in [3.63, 3.8) is 0 Å². The minimum atomic E-state index is -0.780. The van der Waals surface area contributed by atoms with Gasteiger partial charge in [0, 0.05) is 24.9 Å². The van der Waals surface area contributed by atoms with Gasteiger partial charge in [0.15, 0.2) is 5.69 Å². The summed E-state index contributed by atoms with van der Waals surface area (Å²) >= 11 is 0. The molecular weight excluding hydrogens is 346 g/mol. The van der Waals surface area contributed by atoms with E-state index in [1.54, 1.807) is 24.3 Å². The van der Waals surface area contributed by atoms with Gasteiger partial charge in [-0.25, -0.2) is 4.68 Å². The number of carbonyl (C=O) groups is 2. The third-order valence-corrected chi connectivity index (χ3v) is 4.22. The van der Waals surface area contributed by atoms with E-state index in [2.05, 4.69) is 10.4 Å². The molecule has 0 bridgehead atoms. The Hall–Kier alpha value is -2.70. The third-order valence-electron chi connectivity index (χ3n) is 4.22. The van der Waals surface area contributed by atoms with Crippen molar-refractivity contribution < 1.29 is 14.7 Å². The summed E-state index contributed by atoms with van der Waals surface area (Å²) in [4.78, 5) is 35.7. The maximum Gasteiger partial charge on any atom is 0.303 e. The van der Waals surface area contributed by atoms with Crippen LogP contribution in [0.25, 0.3) is 10.8 Å². The molecule has 0 atom stereocenters. The number of hydrogen-bond donors (Lipinski definition) is 2. The molecule has 27 heavy (non-hydrogen) atoms. The maximum atomic E-state index is 12.6. The average molecular weight is 373 g/mol. The number of hydrogen-bond acceptors (Lipinski definition) is 4. The van der Waals surface area contributed by atoms with Crippen LogP contribution in [0.1, 0.15) is 56.4 Å². The lowest BCUT2D eigenvalue weighted by molar-refractivity contribution is -0.137. The summed E-state index contributed by atoms with van der Waals surface area (Å²) in [6, 6.07) is 7.03. The summed E-state index contributed by atoms with van der Waals surface area (Å²) in [5.41, 5.74) is 0.0750. The minimum absolute atomic E-state index is 0.180. The topological polar surface area (TPSA) is 101 Å². The summed E-state index contributed by atoms with van der Waals surface area (Å²) in [6.07, 6.45) is 3.28. The minimum Gasteiger partial charge on any atom is -0.481 e. The molecule has 0 saturated heterocycles. The van der Waals surface area contributed by atoms with E-state index in [4.69, 9.17) is 5.11 Å². The summed E-state index contributed by atoms with van der Waals surface area (Å²) in [5.74, 6) is -0.843. The van der Waals surface area contributed by atoms with Crippen LogP contribution in [0.4, 0.5) is 0 Å². The van der Waals surface area contributed by atoms with E-state index in [1.165, 1.54) is 4.68 Å². The van der Waals surface area contributed by atoms with Crippen LogP contribution in [-0.4, -0.2) is 33.3 Å². The summed E-state index contributed by atoms with van der Waals surface area (Å²) < 4.78 is 1.37. The number of nitrogens with zero attached hydrogens (tertiary/aromatic N) is 2. The van der Waals surface area contributed by atoms with Gasteiger partial charge in [-0.05, 0) is 24.8 Å². The molecule has 0 aliphatic carbocycles. The molecule has 0 unspecified atom stereocenters. The van der Waals surface area contributed by atoms with Gasteiger partial charge in [-0.2, -0.15) is 5.10 Å². The first-order valence-electron chi connectivity index (χ1n) is 9.40. The Morgan fingerprint density at radius 2 is 1.78 bits per heavy atom. The van der Waals surface area contributed by atoms with Crippen LogP contribution >= 0.6 is 0 Å². The van der Waals surface area contributed by atoms with Crippen LogP contribution in [0.5, 0.6) is 0 Å². The number of carboxylic acid groups (broad SMARTS) is 1. The summed E-state index contributed by atoms with van der Waals surface area (Å²) in [6.45, 7) is 4.93. The zero-order chi connectivity index (χ0) is 19.8. The molecule has 2 aromatic rings. The predicted octanol–water partition coefficient (Wildman–Crippen LogP) is 2.82. The Kier molecular flexibility index (Phi) is 7.52. The molecule has 2 rings (SSSR count). The highest BCUT2D eigenvalue weighted by atomic mass is 16.4. The van der Waals surface area contributed by atoms with E-state index in [0.29, 0.717) is 30.3 Å². The Bertz CT molecular complexity index is 858. The van der Waals surface area contributed by atoms with Crippen LogP contribution in [0.3, 0.4) is 0 Å². The molecule has 0 radical (unpaired) electrons. The van der Waals surface area contributed by atoms with Crippen LogP contribution in [0, 0.1) is 5.92 Å². The van der Waals surface area contributed by atoms with Gasteiger partial charge in [-0.15, -0.1) is 0 Å². The van der Waals surface area contributed by atoms with Gasteiger partial charge >= 0.3 is 5.97 Å². The van der Waals surface area contributed by atoms with Crippen molar-refractivity contribution in [1.82, 2.24) is 15.1 Å². The zero-order valence-corrected chi connectivity index (χ0v) is 15.9. The van der Waals surface area contributed by atoms with E-state index in [0.717, 1.165) is 19.3 Å². The number of carbonyl (C=O) groups excluding carboxylic acids is 1. The highest BCUT2D eigenvalue weighted by Crippen LogP contribution is 2.14. The fraction of sp³-hybridized carbons (Fsp3) is 0.500. The van der Waals surface area contributed by atoms with Crippen LogP contribution < -0.4 is 10.9 Å². The predicted molar refractivity (Wildman–Crippen MR) is 104 cm³/mol. The molecule has 1 aromatic carbocycles. The number of amides is 1. The van der Waals surface area contributed by atoms with Gasteiger partial charge in [0.05, 0.1) is 5.39 Å². The van der Waals surface area contributed by atoms with E-state index in [1.807, 2.05) is 13.8 Å². The highest BCUT2D eigenvalue weighted by Gasteiger charge is 2.16. The van der Waals surface area contributed by atoms with Gasteiger partial charge in [0.2, 0.25) is 0 Å². The number of fused-ring (bicyclic) bond motifs is 1. The van der Waals surface area contributed by atoms with Crippen LogP contribution in [0.15, 0.2) is 29.1 Å². The molecule has 1 aromatic heterocycles. The van der Waals surface area contributed by atoms with Gasteiger partial charge in [0.25, 0.3) is 11.5 Å².